The minimum absolute atomic E-state index is 0.305. The molecule has 0 aliphatic heterocycles. The van der Waals surface area contributed by atoms with Crippen LogP contribution in [0.4, 0.5) is 0 Å². The molecular weight excluding hydrogens is 220 g/mol. The fraction of sp³-hybridized carbons (Fsp3) is 0.333. The van der Waals surface area contributed by atoms with Gasteiger partial charge in [-0.2, -0.15) is 5.26 Å². The van der Waals surface area contributed by atoms with Gasteiger partial charge in [0.1, 0.15) is 6.10 Å². The summed E-state index contributed by atoms with van der Waals surface area (Å²) < 4.78 is 0. The van der Waals surface area contributed by atoms with Gasteiger partial charge < -0.3 is 15.9 Å². The molecule has 0 aliphatic rings. The van der Waals surface area contributed by atoms with Gasteiger partial charge in [0.05, 0.1) is 24.2 Å². The molecule has 1 aromatic rings. The lowest BCUT2D eigenvalue weighted by Gasteiger charge is -2.18. The minimum atomic E-state index is -1.24. The number of amides is 1. The summed E-state index contributed by atoms with van der Waals surface area (Å²) in [6, 6.07) is 6.69. The van der Waals surface area contributed by atoms with Gasteiger partial charge in [0, 0.05) is 0 Å². The monoisotopic (exact) mass is 234 g/mol. The van der Waals surface area contributed by atoms with Crippen LogP contribution in [-0.2, 0) is 4.79 Å². The van der Waals surface area contributed by atoms with Crippen LogP contribution in [0.15, 0.2) is 18.2 Å². The fourth-order valence-corrected chi connectivity index (χ4v) is 1.60. The van der Waals surface area contributed by atoms with E-state index in [0.717, 1.165) is 0 Å². The standard InChI is InChI=1S/C12H14N2O3/c1-7-4-8(6-13)2-3-9(7)12(17)10(15)5-11(14)16/h2-4,10,12,15,17H,5H2,1H3,(H2,14,16). The highest BCUT2D eigenvalue weighted by molar-refractivity contribution is 5.74. The number of benzene rings is 1. The average molecular weight is 234 g/mol. The number of nitrogens with zero attached hydrogens (tertiary/aromatic N) is 1. The highest BCUT2D eigenvalue weighted by atomic mass is 16.3. The number of rotatable bonds is 4. The summed E-state index contributed by atoms with van der Waals surface area (Å²) >= 11 is 0. The van der Waals surface area contributed by atoms with Gasteiger partial charge in [-0.15, -0.1) is 0 Å². The average Bonchev–Trinajstić information content (AvgIpc) is 2.27. The lowest BCUT2D eigenvalue weighted by atomic mass is 9.96. The quantitative estimate of drug-likeness (QED) is 0.688. The molecule has 0 aromatic heterocycles. The van der Waals surface area contributed by atoms with E-state index in [2.05, 4.69) is 0 Å². The first-order valence-electron chi connectivity index (χ1n) is 5.10. The molecule has 1 rings (SSSR count). The molecule has 90 valence electrons. The smallest absolute Gasteiger partial charge is 0.220 e. The van der Waals surface area contributed by atoms with Gasteiger partial charge in [-0.3, -0.25) is 4.79 Å². The van der Waals surface area contributed by atoms with Crippen LogP contribution in [-0.4, -0.2) is 22.2 Å². The number of aliphatic hydroxyl groups excluding tert-OH is 2. The summed E-state index contributed by atoms with van der Waals surface area (Å²) in [5.41, 5.74) is 6.58. The van der Waals surface area contributed by atoms with Gasteiger partial charge in [0.2, 0.25) is 5.91 Å². The van der Waals surface area contributed by atoms with Crippen molar-refractivity contribution in [3.63, 3.8) is 0 Å². The zero-order chi connectivity index (χ0) is 13.0. The fourth-order valence-electron chi connectivity index (χ4n) is 1.60. The Morgan fingerprint density at radius 3 is 2.65 bits per heavy atom. The van der Waals surface area contributed by atoms with E-state index in [9.17, 15) is 15.0 Å². The molecule has 0 fully saturated rings. The van der Waals surface area contributed by atoms with Crippen molar-refractivity contribution in [1.29, 1.82) is 5.26 Å². The van der Waals surface area contributed by atoms with Crippen molar-refractivity contribution in [2.45, 2.75) is 25.6 Å². The summed E-state index contributed by atoms with van der Waals surface area (Å²) in [7, 11) is 0. The van der Waals surface area contributed by atoms with E-state index in [4.69, 9.17) is 11.0 Å². The molecule has 0 saturated carbocycles. The van der Waals surface area contributed by atoms with Crippen molar-refractivity contribution in [1.82, 2.24) is 0 Å². The summed E-state index contributed by atoms with van der Waals surface area (Å²) in [4.78, 5) is 10.6. The molecule has 5 nitrogen and oxygen atoms in total. The van der Waals surface area contributed by atoms with E-state index in [1.54, 1.807) is 25.1 Å². The number of nitrogens with two attached hydrogens (primary N) is 1. The predicted molar refractivity (Wildman–Crippen MR) is 60.7 cm³/mol. The topological polar surface area (TPSA) is 107 Å². The number of hydrogen-bond acceptors (Lipinski definition) is 4. The van der Waals surface area contributed by atoms with E-state index in [-0.39, 0.29) is 6.42 Å². The predicted octanol–water partition coefficient (Wildman–Crippen LogP) is 0.136. The van der Waals surface area contributed by atoms with E-state index < -0.39 is 18.1 Å². The molecule has 0 aliphatic carbocycles. The van der Waals surface area contributed by atoms with E-state index in [1.165, 1.54) is 0 Å². The van der Waals surface area contributed by atoms with Crippen molar-refractivity contribution >= 4 is 5.91 Å². The van der Waals surface area contributed by atoms with Crippen molar-refractivity contribution in [2.24, 2.45) is 5.73 Å². The molecule has 2 atom stereocenters. The Morgan fingerprint density at radius 1 is 1.53 bits per heavy atom. The minimum Gasteiger partial charge on any atom is -0.390 e. The van der Waals surface area contributed by atoms with Gasteiger partial charge in [0.25, 0.3) is 0 Å². The summed E-state index contributed by atoms with van der Waals surface area (Å²) in [5, 5.41) is 28.1. The maximum atomic E-state index is 10.6. The Kier molecular flexibility index (Phi) is 4.21. The van der Waals surface area contributed by atoms with Gasteiger partial charge in [-0.05, 0) is 30.2 Å². The first kappa shape index (κ1) is 13.2. The van der Waals surface area contributed by atoms with Crippen molar-refractivity contribution < 1.29 is 15.0 Å². The number of nitriles is 1. The van der Waals surface area contributed by atoms with Crippen LogP contribution in [0.3, 0.4) is 0 Å². The van der Waals surface area contributed by atoms with Crippen LogP contribution >= 0.6 is 0 Å². The number of carbonyl (C=O) groups is 1. The molecule has 0 radical (unpaired) electrons. The first-order valence-corrected chi connectivity index (χ1v) is 5.10. The molecule has 1 amide bonds. The normalized spacial score (nSPS) is 13.8. The summed E-state index contributed by atoms with van der Waals surface area (Å²) in [6.45, 7) is 1.72. The van der Waals surface area contributed by atoms with Crippen molar-refractivity contribution in [3.05, 3.63) is 34.9 Å². The molecule has 0 saturated heterocycles. The summed E-state index contributed by atoms with van der Waals surface area (Å²) in [6.07, 6.45) is -2.73. The van der Waals surface area contributed by atoms with Gasteiger partial charge >= 0.3 is 0 Å². The lowest BCUT2D eigenvalue weighted by molar-refractivity contribution is -0.121. The molecule has 5 heteroatoms. The second-order valence-electron chi connectivity index (χ2n) is 3.87. The van der Waals surface area contributed by atoms with Crippen LogP contribution in [0.1, 0.15) is 29.2 Å². The third kappa shape index (κ3) is 3.28. The van der Waals surface area contributed by atoms with Gasteiger partial charge in [-0.25, -0.2) is 0 Å². The molecule has 0 bridgehead atoms. The van der Waals surface area contributed by atoms with Crippen molar-refractivity contribution in [2.75, 3.05) is 0 Å². The molecular formula is C12H14N2O3. The molecule has 1 aromatic carbocycles. The SMILES string of the molecule is Cc1cc(C#N)ccc1C(O)C(O)CC(N)=O. The zero-order valence-electron chi connectivity index (χ0n) is 9.42. The number of aryl methyl sites for hydroxylation is 1. The second-order valence-corrected chi connectivity index (χ2v) is 3.87. The van der Waals surface area contributed by atoms with Crippen LogP contribution in [0.25, 0.3) is 0 Å². The Hall–Kier alpha value is -1.90. The van der Waals surface area contributed by atoms with E-state index in [0.29, 0.717) is 16.7 Å². The Labute approximate surface area is 99.1 Å². The molecule has 0 heterocycles. The molecule has 4 N–H and O–H groups in total. The van der Waals surface area contributed by atoms with Crippen molar-refractivity contribution in [3.8, 4) is 6.07 Å². The summed E-state index contributed by atoms with van der Waals surface area (Å²) in [5.74, 6) is -0.678. The highest BCUT2D eigenvalue weighted by Gasteiger charge is 2.21. The Balaban J connectivity index is 2.93. The van der Waals surface area contributed by atoms with E-state index in [1.807, 2.05) is 6.07 Å². The van der Waals surface area contributed by atoms with Crippen LogP contribution < -0.4 is 5.73 Å². The number of aliphatic hydroxyl groups is 2. The van der Waals surface area contributed by atoms with Gasteiger partial charge in [-0.1, -0.05) is 6.07 Å². The van der Waals surface area contributed by atoms with Crippen LogP contribution in [0, 0.1) is 18.3 Å². The number of hydrogen-bond donors (Lipinski definition) is 3. The first-order chi connectivity index (χ1) is 7.95. The van der Waals surface area contributed by atoms with Crippen LogP contribution in [0.2, 0.25) is 0 Å². The van der Waals surface area contributed by atoms with Gasteiger partial charge in [0.15, 0.2) is 0 Å². The second kappa shape index (κ2) is 5.43. The molecule has 0 spiro atoms. The molecule has 17 heavy (non-hydrogen) atoms. The zero-order valence-corrected chi connectivity index (χ0v) is 9.42. The van der Waals surface area contributed by atoms with Crippen LogP contribution in [0.5, 0.6) is 0 Å². The molecule has 2 unspecified atom stereocenters. The maximum Gasteiger partial charge on any atom is 0.220 e. The van der Waals surface area contributed by atoms with E-state index >= 15 is 0 Å². The number of carbonyl (C=O) groups excluding carboxylic acids is 1. The number of primary amides is 1. The Morgan fingerprint density at radius 2 is 2.18 bits per heavy atom. The highest BCUT2D eigenvalue weighted by Crippen LogP contribution is 2.23. The Bertz CT molecular complexity index is 465. The largest absolute Gasteiger partial charge is 0.390 e. The maximum absolute atomic E-state index is 10.6. The third-order valence-corrected chi connectivity index (χ3v) is 2.49. The lowest BCUT2D eigenvalue weighted by Crippen LogP contribution is -2.26. The third-order valence-electron chi connectivity index (χ3n) is 2.49.